The molecule has 0 unspecified atom stereocenters. The maximum Gasteiger partial charge on any atom is 0.199 e. The maximum atomic E-state index is 13.8. The first-order valence-electron chi connectivity index (χ1n) is 11.9. The summed E-state index contributed by atoms with van der Waals surface area (Å²) in [4.78, 5) is 16.2. The molecule has 3 aromatic carbocycles. The first-order valence-corrected chi connectivity index (χ1v) is 11.9. The van der Waals surface area contributed by atoms with Gasteiger partial charge in [0.25, 0.3) is 0 Å². The lowest BCUT2D eigenvalue weighted by Crippen LogP contribution is -2.53. The van der Waals surface area contributed by atoms with Crippen molar-refractivity contribution in [2.75, 3.05) is 19.6 Å². The smallest absolute Gasteiger partial charge is 0.199 e. The lowest BCUT2D eigenvalue weighted by atomic mass is 9.94. The highest BCUT2D eigenvalue weighted by molar-refractivity contribution is 6.15. The van der Waals surface area contributed by atoms with Crippen LogP contribution in [0.2, 0.25) is 0 Å². The summed E-state index contributed by atoms with van der Waals surface area (Å²) < 4.78 is 11.8. The second kappa shape index (κ2) is 11.0. The van der Waals surface area contributed by atoms with Crippen LogP contribution in [0.3, 0.4) is 0 Å². The number of rotatable bonds is 8. The summed E-state index contributed by atoms with van der Waals surface area (Å²) >= 11 is 0. The van der Waals surface area contributed by atoms with E-state index in [-0.39, 0.29) is 30.0 Å². The summed E-state index contributed by atoms with van der Waals surface area (Å²) in [6.45, 7) is 7.12. The molecule has 4 aromatic rings. The molecular weight excluding hydrogens is 476 g/mol. The minimum atomic E-state index is -0.183. The summed E-state index contributed by atoms with van der Waals surface area (Å²) in [6.07, 6.45) is 1.33. The molecule has 186 valence electrons. The summed E-state index contributed by atoms with van der Waals surface area (Å²) in [5.74, 6) is 1.15. The van der Waals surface area contributed by atoms with Gasteiger partial charge in [0, 0.05) is 29.8 Å². The molecule has 0 radical (unpaired) electrons. The Kier molecular flexibility index (Phi) is 7.77. The van der Waals surface area contributed by atoms with Crippen LogP contribution in [0.4, 0.5) is 0 Å². The molecule has 0 aliphatic carbocycles. The highest BCUT2D eigenvalue weighted by Crippen LogP contribution is 2.36. The first kappa shape index (κ1) is 25.5. The molecule has 7 heteroatoms. The van der Waals surface area contributed by atoms with Crippen molar-refractivity contribution in [2.24, 2.45) is 0 Å². The Hall–Kier alpha value is -3.61. The average molecular weight is 505 g/mol. The van der Waals surface area contributed by atoms with Crippen LogP contribution in [0.5, 0.6) is 11.5 Å². The Balaban J connectivity index is 0.00000304. The van der Waals surface area contributed by atoms with Crippen molar-refractivity contribution >= 4 is 18.2 Å². The van der Waals surface area contributed by atoms with Gasteiger partial charge in [-0.2, -0.15) is 0 Å². The molecule has 1 aliphatic heterocycles. The normalized spacial score (nSPS) is 13.6. The number of hydrogen-bond acceptors (Lipinski definition) is 6. The van der Waals surface area contributed by atoms with Crippen LogP contribution in [0.15, 0.2) is 77.3 Å². The number of nitrogens with zero attached hydrogens (tertiary/aromatic N) is 2. The van der Waals surface area contributed by atoms with Gasteiger partial charge < -0.3 is 14.4 Å². The van der Waals surface area contributed by atoms with Gasteiger partial charge in [0.2, 0.25) is 0 Å². The molecule has 6 nitrogen and oxygen atoms in total. The number of phenolic OH excluding ortho intramolecular Hbond substituents is 1. The van der Waals surface area contributed by atoms with Crippen molar-refractivity contribution in [1.29, 1.82) is 0 Å². The van der Waals surface area contributed by atoms with E-state index >= 15 is 0 Å². The van der Waals surface area contributed by atoms with Crippen molar-refractivity contribution < 1.29 is 19.2 Å². The molecule has 1 fully saturated rings. The molecule has 36 heavy (non-hydrogen) atoms. The van der Waals surface area contributed by atoms with Gasteiger partial charge in [0.05, 0.1) is 5.56 Å². The molecule has 0 atom stereocenters. The lowest BCUT2D eigenvalue weighted by molar-refractivity contribution is 0.0202. The molecular formula is C29H29ClN2O4. The van der Waals surface area contributed by atoms with Crippen LogP contribution in [-0.4, -0.2) is 46.7 Å². The number of aryl methyl sites for hydroxylation is 1. The van der Waals surface area contributed by atoms with E-state index < -0.39 is 0 Å². The van der Waals surface area contributed by atoms with Gasteiger partial charge >= 0.3 is 0 Å². The number of phenols is 1. The van der Waals surface area contributed by atoms with E-state index in [2.05, 4.69) is 17.0 Å². The Bertz CT molecular complexity index is 1330. The monoisotopic (exact) mass is 504 g/mol. The molecule has 1 aromatic heterocycles. The quantitative estimate of drug-likeness (QED) is 0.290. The predicted octanol–water partition coefficient (Wildman–Crippen LogP) is 6.15. The van der Waals surface area contributed by atoms with Crippen molar-refractivity contribution in [3.05, 3.63) is 89.5 Å². The summed E-state index contributed by atoms with van der Waals surface area (Å²) in [7, 11) is 0. The van der Waals surface area contributed by atoms with Crippen molar-refractivity contribution in [3.63, 3.8) is 0 Å². The summed E-state index contributed by atoms with van der Waals surface area (Å²) in [5, 5.41) is 14.0. The van der Waals surface area contributed by atoms with E-state index in [4.69, 9.17) is 9.26 Å². The minimum absolute atomic E-state index is 0. The molecule has 2 heterocycles. The SMILES string of the molecule is CCCN1CC(Oc2ccc(C(=O)c3c(-c4ccc(O)cc4)noc3-c3ccccc3C)cc2)C1.Cl. The number of aromatic nitrogens is 1. The van der Waals surface area contributed by atoms with Crippen LogP contribution < -0.4 is 4.74 Å². The van der Waals surface area contributed by atoms with Crippen molar-refractivity contribution in [1.82, 2.24) is 10.1 Å². The average Bonchev–Trinajstić information content (AvgIpc) is 3.28. The molecule has 1 N–H and O–H groups in total. The van der Waals surface area contributed by atoms with Crippen molar-refractivity contribution in [2.45, 2.75) is 26.4 Å². The molecule has 0 spiro atoms. The highest BCUT2D eigenvalue weighted by atomic mass is 35.5. The van der Waals surface area contributed by atoms with Gasteiger partial charge in [-0.15, -0.1) is 12.4 Å². The van der Waals surface area contributed by atoms with Gasteiger partial charge in [-0.25, -0.2) is 0 Å². The molecule has 0 bridgehead atoms. The van der Waals surface area contributed by atoms with E-state index in [1.165, 1.54) is 0 Å². The van der Waals surface area contributed by atoms with Gasteiger partial charge in [-0.1, -0.05) is 36.3 Å². The van der Waals surface area contributed by atoms with Crippen molar-refractivity contribution in [3.8, 4) is 34.1 Å². The van der Waals surface area contributed by atoms with Gasteiger partial charge in [-0.3, -0.25) is 9.69 Å². The second-order valence-electron chi connectivity index (χ2n) is 8.95. The van der Waals surface area contributed by atoms with Gasteiger partial charge in [0.15, 0.2) is 11.5 Å². The standard InChI is InChI=1S/C29H28N2O4.ClH/c1-3-16-31-17-24(18-31)34-23-14-10-21(11-15-23)28(33)26-27(20-8-12-22(32)13-9-20)30-35-29(26)25-7-5-4-6-19(25)2;/h4-15,24,32H,3,16-18H2,1-2H3;1H. The third kappa shape index (κ3) is 5.15. The summed E-state index contributed by atoms with van der Waals surface area (Å²) in [5.41, 5.74) is 3.85. The molecule has 0 amide bonds. The fraction of sp³-hybridized carbons (Fsp3) is 0.241. The topological polar surface area (TPSA) is 75.8 Å². The third-order valence-corrected chi connectivity index (χ3v) is 6.33. The minimum Gasteiger partial charge on any atom is -0.508 e. The van der Waals surface area contributed by atoms with Gasteiger partial charge in [0.1, 0.15) is 23.3 Å². The van der Waals surface area contributed by atoms with Gasteiger partial charge in [-0.05, 0) is 74.0 Å². The van der Waals surface area contributed by atoms with E-state index in [1.54, 1.807) is 36.4 Å². The fourth-order valence-electron chi connectivity index (χ4n) is 4.45. The van der Waals surface area contributed by atoms with Crippen LogP contribution in [0.1, 0.15) is 34.8 Å². The number of hydrogen-bond donors (Lipinski definition) is 1. The maximum absolute atomic E-state index is 13.8. The number of likely N-dealkylation sites (tertiary alicyclic amines) is 1. The number of ketones is 1. The number of carbonyl (C=O) groups is 1. The van der Waals surface area contributed by atoms with E-state index in [9.17, 15) is 9.90 Å². The predicted molar refractivity (Wildman–Crippen MR) is 142 cm³/mol. The Labute approximate surface area is 216 Å². The van der Waals surface area contributed by atoms with Crippen LogP contribution in [0.25, 0.3) is 22.6 Å². The number of aromatic hydroxyl groups is 1. The van der Waals surface area contributed by atoms with E-state index in [1.807, 2.05) is 43.3 Å². The second-order valence-corrected chi connectivity index (χ2v) is 8.95. The highest BCUT2D eigenvalue weighted by Gasteiger charge is 2.29. The number of ether oxygens (including phenoxy) is 1. The Morgan fingerprint density at radius 2 is 1.75 bits per heavy atom. The summed E-state index contributed by atoms with van der Waals surface area (Å²) in [6, 6.07) is 21.6. The molecule has 5 rings (SSSR count). The van der Waals surface area contributed by atoms with Crippen LogP contribution >= 0.6 is 12.4 Å². The number of carbonyl (C=O) groups excluding carboxylic acids is 1. The largest absolute Gasteiger partial charge is 0.508 e. The zero-order valence-electron chi connectivity index (χ0n) is 20.3. The zero-order valence-corrected chi connectivity index (χ0v) is 21.1. The number of benzene rings is 3. The third-order valence-electron chi connectivity index (χ3n) is 6.33. The lowest BCUT2D eigenvalue weighted by Gasteiger charge is -2.38. The zero-order chi connectivity index (χ0) is 24.4. The Morgan fingerprint density at radius 1 is 1.06 bits per heavy atom. The van der Waals surface area contributed by atoms with E-state index in [0.29, 0.717) is 28.1 Å². The first-order chi connectivity index (χ1) is 17.0. The fourth-order valence-corrected chi connectivity index (χ4v) is 4.45. The number of halogens is 1. The van der Waals surface area contributed by atoms with Crippen LogP contribution in [0, 0.1) is 6.92 Å². The van der Waals surface area contributed by atoms with Crippen LogP contribution in [-0.2, 0) is 0 Å². The Morgan fingerprint density at radius 3 is 2.42 bits per heavy atom. The molecule has 1 saturated heterocycles. The van der Waals surface area contributed by atoms with E-state index in [0.717, 1.165) is 42.9 Å². The molecule has 1 aliphatic rings. The molecule has 0 saturated carbocycles.